The van der Waals surface area contributed by atoms with E-state index in [0.717, 1.165) is 76.3 Å². The normalized spacial score (nSPS) is 15.6. The molecule has 1 aliphatic carbocycles. The number of nitrogens with one attached hydrogen (secondary N) is 3. The molecule has 0 radical (unpaired) electrons. The molecular formula is C53H63N3O8. The number of aliphatic hydroxyl groups is 2. The fourth-order valence-electron chi connectivity index (χ4n) is 9.64. The van der Waals surface area contributed by atoms with Crippen LogP contribution in [0.3, 0.4) is 0 Å². The largest absolute Gasteiger partial charge is 0.508 e. The molecule has 1 fully saturated rings. The van der Waals surface area contributed by atoms with Gasteiger partial charge >= 0.3 is 0 Å². The number of fused-ring (bicyclic) bond motifs is 1. The van der Waals surface area contributed by atoms with Crippen LogP contribution in [0.25, 0.3) is 10.8 Å². The average molecular weight is 870 g/mol. The van der Waals surface area contributed by atoms with Crippen molar-refractivity contribution in [2.24, 2.45) is 5.92 Å². The molecule has 11 heteroatoms. The van der Waals surface area contributed by atoms with E-state index < -0.39 is 24.0 Å². The van der Waals surface area contributed by atoms with Crippen molar-refractivity contribution < 1.29 is 39.8 Å². The van der Waals surface area contributed by atoms with E-state index in [1.165, 1.54) is 6.07 Å². The molecule has 8 N–H and O–H groups in total. The van der Waals surface area contributed by atoms with Crippen molar-refractivity contribution in [3.05, 3.63) is 148 Å². The quantitative estimate of drug-likeness (QED) is 0.0259. The summed E-state index contributed by atoms with van der Waals surface area (Å²) in [5.74, 6) is -0.749. The lowest BCUT2D eigenvalue weighted by molar-refractivity contribution is -0.123. The summed E-state index contributed by atoms with van der Waals surface area (Å²) < 4.78 is 11.7. The third kappa shape index (κ3) is 11.1. The Balaban J connectivity index is 1.23. The molecule has 0 spiro atoms. The van der Waals surface area contributed by atoms with Crippen LogP contribution in [0, 0.1) is 5.92 Å². The summed E-state index contributed by atoms with van der Waals surface area (Å²) in [5, 5.41) is 63.9. The number of aromatic amines is 1. The molecule has 5 aromatic carbocycles. The Morgan fingerprint density at radius 2 is 1.61 bits per heavy atom. The van der Waals surface area contributed by atoms with Gasteiger partial charge in [-0.25, -0.2) is 0 Å². The van der Waals surface area contributed by atoms with Crippen LogP contribution in [-0.2, 0) is 36.0 Å². The lowest BCUT2D eigenvalue weighted by atomic mass is 9.75. The average Bonchev–Trinajstić information content (AvgIpc) is 3.82. The summed E-state index contributed by atoms with van der Waals surface area (Å²) in [5.41, 5.74) is 5.70. The van der Waals surface area contributed by atoms with Crippen LogP contribution < -0.4 is 20.1 Å². The van der Waals surface area contributed by atoms with Crippen molar-refractivity contribution in [3.63, 3.8) is 0 Å². The van der Waals surface area contributed by atoms with E-state index in [1.807, 2.05) is 55.8 Å². The molecule has 1 aromatic heterocycles. The number of ether oxygens (including phenoxy) is 2. The number of aromatic hydroxyl groups is 3. The van der Waals surface area contributed by atoms with Crippen LogP contribution in [-0.4, -0.2) is 75.9 Å². The first-order valence-electron chi connectivity index (χ1n) is 22.5. The second-order valence-electron chi connectivity index (χ2n) is 17.6. The van der Waals surface area contributed by atoms with Crippen LogP contribution in [0.1, 0.15) is 90.3 Å². The van der Waals surface area contributed by atoms with Gasteiger partial charge in [-0.05, 0) is 133 Å². The van der Waals surface area contributed by atoms with Gasteiger partial charge in [-0.1, -0.05) is 79.9 Å². The van der Waals surface area contributed by atoms with Crippen LogP contribution in [0.5, 0.6) is 28.7 Å². The van der Waals surface area contributed by atoms with E-state index in [9.17, 15) is 25.5 Å². The molecule has 4 atom stereocenters. The minimum absolute atomic E-state index is 0.0276. The first kappa shape index (κ1) is 46.2. The highest BCUT2D eigenvalue weighted by atomic mass is 16.5. The SMILES string of the molecule is CNC1(c2cc(O)cc([C@@H](Cc3ccc(O)c(OCNC[C@H](C)O)c3)C(=O)C[C@@H](O)[C@H](Cc3cc[nH]c3)Cc3ccc(O)c(OC)c3Cc3cccc4ccccc34)c2)CCCCC1. The highest BCUT2D eigenvalue weighted by molar-refractivity contribution is 5.87. The summed E-state index contributed by atoms with van der Waals surface area (Å²) >= 11 is 0. The summed E-state index contributed by atoms with van der Waals surface area (Å²) in [6.45, 7) is 2.03. The predicted molar refractivity (Wildman–Crippen MR) is 250 cm³/mol. The third-order valence-corrected chi connectivity index (χ3v) is 13.1. The lowest BCUT2D eigenvalue weighted by Crippen LogP contribution is -2.41. The van der Waals surface area contributed by atoms with Crippen molar-refractivity contribution in [2.75, 3.05) is 27.4 Å². The smallest absolute Gasteiger partial charge is 0.164 e. The van der Waals surface area contributed by atoms with Crippen LogP contribution >= 0.6 is 0 Å². The zero-order valence-electron chi connectivity index (χ0n) is 37.1. The van der Waals surface area contributed by atoms with Crippen molar-refractivity contribution in [3.8, 4) is 28.7 Å². The Labute approximate surface area is 376 Å². The number of Topliss-reactive ketones (excluding diaryl/α,β-unsaturated/α-hetero) is 1. The number of carbonyl (C=O) groups is 1. The van der Waals surface area contributed by atoms with E-state index in [2.05, 4.69) is 39.9 Å². The number of carbonyl (C=O) groups excluding carboxylic acids is 1. The number of H-pyrrole nitrogens is 1. The number of aromatic nitrogens is 1. The molecular weight excluding hydrogens is 807 g/mol. The maximum atomic E-state index is 15.0. The van der Waals surface area contributed by atoms with Crippen LogP contribution in [0.15, 0.2) is 109 Å². The molecule has 0 unspecified atom stereocenters. The monoisotopic (exact) mass is 869 g/mol. The van der Waals surface area contributed by atoms with Gasteiger partial charge in [0.2, 0.25) is 0 Å². The van der Waals surface area contributed by atoms with Crippen LogP contribution in [0.4, 0.5) is 0 Å². The number of hydrogen-bond donors (Lipinski definition) is 8. The summed E-state index contributed by atoms with van der Waals surface area (Å²) in [6.07, 6.45) is 8.52. The first-order valence-corrected chi connectivity index (χ1v) is 22.5. The highest BCUT2D eigenvalue weighted by Gasteiger charge is 2.35. The maximum Gasteiger partial charge on any atom is 0.164 e. The van der Waals surface area contributed by atoms with Gasteiger partial charge in [-0.2, -0.15) is 0 Å². The summed E-state index contributed by atoms with van der Waals surface area (Å²) in [6, 6.07) is 30.4. The van der Waals surface area contributed by atoms with Gasteiger partial charge in [0, 0.05) is 48.8 Å². The second-order valence-corrected chi connectivity index (χ2v) is 17.6. The number of phenolic OH excluding ortho intramolecular Hbond substituents is 3. The lowest BCUT2D eigenvalue weighted by Gasteiger charge is -2.38. The van der Waals surface area contributed by atoms with E-state index in [1.54, 1.807) is 44.4 Å². The highest BCUT2D eigenvalue weighted by Crippen LogP contribution is 2.42. The number of phenols is 3. The van der Waals surface area contributed by atoms with Gasteiger partial charge in [-0.15, -0.1) is 0 Å². The van der Waals surface area contributed by atoms with E-state index in [0.29, 0.717) is 37.1 Å². The molecule has 1 heterocycles. The Bertz CT molecular complexity index is 2470. The molecule has 1 aliphatic rings. The maximum absolute atomic E-state index is 15.0. The molecule has 64 heavy (non-hydrogen) atoms. The van der Waals surface area contributed by atoms with Crippen molar-refractivity contribution in [1.29, 1.82) is 0 Å². The van der Waals surface area contributed by atoms with E-state index in [4.69, 9.17) is 9.47 Å². The van der Waals surface area contributed by atoms with Gasteiger partial charge in [0.1, 0.15) is 18.3 Å². The summed E-state index contributed by atoms with van der Waals surface area (Å²) in [4.78, 5) is 18.2. The Hall–Kier alpha value is -5.85. The summed E-state index contributed by atoms with van der Waals surface area (Å²) in [7, 11) is 3.50. The second kappa shape index (κ2) is 21.2. The standard InChI is InChI=1S/C53H63N3O8/c1-34(57)31-56-33-64-51-24-35(14-16-47(51)59)23-45(40-26-42(29-43(58)27-40)53(54-2)19-7-4-8-20-53)50(62)30-49(61)41(22-36-18-21-55-32-36)25-39-15-17-48(60)52(63-3)46(39)28-38-12-9-11-37-10-5-6-13-44(37)38/h5-6,9-18,21,24,26-27,29,32,34,41,45,49,54-61H,4,7-8,19-20,22-23,25,28,30-31,33H2,1-3H3/t34-,41+,45+,49+/m0/s1. The fourth-order valence-corrected chi connectivity index (χ4v) is 9.64. The molecule has 7 rings (SSSR count). The number of methoxy groups -OCH3 is 1. The number of rotatable bonds is 21. The molecule has 6 aromatic rings. The molecule has 0 aliphatic heterocycles. The number of benzene rings is 5. The molecule has 0 amide bonds. The number of ketones is 1. The minimum Gasteiger partial charge on any atom is -0.508 e. The number of hydrogen-bond acceptors (Lipinski definition) is 10. The number of aliphatic hydroxyl groups excluding tert-OH is 2. The van der Waals surface area contributed by atoms with Gasteiger partial charge in [0.05, 0.1) is 19.3 Å². The predicted octanol–water partition coefficient (Wildman–Crippen LogP) is 8.32. The molecule has 1 saturated carbocycles. The Morgan fingerprint density at radius 1 is 0.828 bits per heavy atom. The minimum atomic E-state index is -1.08. The van der Waals surface area contributed by atoms with Crippen LogP contribution in [0.2, 0.25) is 0 Å². The molecule has 0 bridgehead atoms. The Morgan fingerprint density at radius 3 is 2.36 bits per heavy atom. The van der Waals surface area contributed by atoms with E-state index >= 15 is 4.79 Å². The molecule has 338 valence electrons. The van der Waals surface area contributed by atoms with Crippen molar-refractivity contribution in [2.45, 2.75) is 94.8 Å². The third-order valence-electron chi connectivity index (χ3n) is 13.1. The molecule has 11 nitrogen and oxygen atoms in total. The van der Waals surface area contributed by atoms with Gasteiger partial charge in [0.15, 0.2) is 23.0 Å². The fraction of sp³-hybridized carbons (Fsp3) is 0.377. The van der Waals surface area contributed by atoms with Gasteiger partial charge < -0.3 is 45.3 Å². The van der Waals surface area contributed by atoms with Gasteiger partial charge in [0.25, 0.3) is 0 Å². The topological polar surface area (TPSA) is 177 Å². The van der Waals surface area contributed by atoms with E-state index in [-0.39, 0.29) is 53.9 Å². The van der Waals surface area contributed by atoms with Gasteiger partial charge in [-0.3, -0.25) is 10.1 Å². The zero-order chi connectivity index (χ0) is 45.2. The van der Waals surface area contributed by atoms with Crippen molar-refractivity contribution in [1.82, 2.24) is 15.6 Å². The zero-order valence-corrected chi connectivity index (χ0v) is 37.1. The van der Waals surface area contributed by atoms with Crippen molar-refractivity contribution >= 4 is 16.6 Å². The first-order chi connectivity index (χ1) is 31.0. The Kier molecular flexibility index (Phi) is 15.3. The molecule has 0 saturated heterocycles.